The molecule has 1 saturated heterocycles. The molecule has 218 valence electrons. The average molecular weight is 577 g/mol. The van der Waals surface area contributed by atoms with Crippen LogP contribution in [0.4, 0.5) is 11.5 Å². The number of piperidine rings is 1. The van der Waals surface area contributed by atoms with Crippen molar-refractivity contribution in [2.24, 2.45) is 5.92 Å². The van der Waals surface area contributed by atoms with Crippen LogP contribution in [-0.2, 0) is 27.6 Å². The first-order chi connectivity index (χ1) is 19.5. The smallest absolute Gasteiger partial charge is 0.314 e. The van der Waals surface area contributed by atoms with Crippen molar-refractivity contribution in [1.29, 1.82) is 0 Å². The lowest BCUT2D eigenvalue weighted by atomic mass is 9.89. The Morgan fingerprint density at radius 2 is 2.00 bits per heavy atom. The summed E-state index contributed by atoms with van der Waals surface area (Å²) in [6, 6.07) is 6.92. The first-order valence-electron chi connectivity index (χ1n) is 14.3. The van der Waals surface area contributed by atoms with Gasteiger partial charge in [0.25, 0.3) is 0 Å². The molecule has 0 saturated carbocycles. The van der Waals surface area contributed by atoms with Gasteiger partial charge in [0.05, 0.1) is 40.5 Å². The Labute approximate surface area is 241 Å². The van der Waals surface area contributed by atoms with E-state index < -0.39 is 19.9 Å². The third kappa shape index (κ3) is 6.28. The summed E-state index contributed by atoms with van der Waals surface area (Å²) in [6.45, 7) is 13.1. The number of carbonyl (C=O) groups is 2. The summed E-state index contributed by atoms with van der Waals surface area (Å²) < 4.78 is 9.45. The van der Waals surface area contributed by atoms with Crippen molar-refractivity contribution in [3.63, 3.8) is 0 Å². The number of carbonyl (C=O) groups excluding carboxylic acids is 2. The van der Waals surface area contributed by atoms with Crippen molar-refractivity contribution in [3.8, 4) is 0 Å². The number of benzene rings is 1. The Hall–Kier alpha value is -3.77. The Bertz CT molecular complexity index is 1570. The molecule has 1 aliphatic heterocycles. The first-order valence-corrected chi connectivity index (χ1v) is 18.0. The number of ether oxygens (including phenoxy) is 1. The van der Waals surface area contributed by atoms with Crippen molar-refractivity contribution in [2.75, 3.05) is 24.2 Å². The molecular formula is C29H40N8O3Si. The lowest BCUT2D eigenvalue weighted by molar-refractivity contribution is -0.146. The van der Waals surface area contributed by atoms with Crippen LogP contribution in [0.15, 0.2) is 36.8 Å². The molecule has 0 aliphatic carbocycles. The standard InChI is InChI=1S/C29H40N8O3Si/c1-6-35-17-21-9-8-20(13-23(21)34-35)25-10-7-19(2)16-36(25)29(39)28(38)33-24-15-31-27(30)22-14-32-37(26(22)24)18-40-11-12-41(3,4)5/h8-9,13-15,17,19,25H,6-7,10-12,16,18H2,1-5H3,(H2,30,31)(H,33,38). The third-order valence-electron chi connectivity index (χ3n) is 7.72. The molecule has 0 bridgehead atoms. The minimum atomic E-state index is -1.24. The fourth-order valence-electron chi connectivity index (χ4n) is 5.32. The average Bonchev–Trinajstić information content (AvgIpc) is 3.56. The zero-order chi connectivity index (χ0) is 29.3. The molecule has 2 amide bonds. The van der Waals surface area contributed by atoms with Gasteiger partial charge >= 0.3 is 11.8 Å². The minimum Gasteiger partial charge on any atom is -0.383 e. The van der Waals surface area contributed by atoms with E-state index in [2.05, 4.69) is 47.1 Å². The van der Waals surface area contributed by atoms with Gasteiger partial charge in [-0.25, -0.2) is 9.67 Å². The molecule has 2 atom stereocenters. The predicted octanol–water partition coefficient (Wildman–Crippen LogP) is 4.63. The highest BCUT2D eigenvalue weighted by molar-refractivity contribution is 6.76. The van der Waals surface area contributed by atoms with Gasteiger partial charge in [0.2, 0.25) is 0 Å². The number of nitrogens with zero attached hydrogens (tertiary/aromatic N) is 6. The minimum absolute atomic E-state index is 0.205. The van der Waals surface area contributed by atoms with E-state index in [1.54, 1.807) is 15.8 Å². The van der Waals surface area contributed by atoms with Crippen LogP contribution in [0.1, 0.15) is 38.3 Å². The highest BCUT2D eigenvalue weighted by atomic mass is 28.3. The third-order valence-corrected chi connectivity index (χ3v) is 9.43. The SMILES string of the molecule is CCn1cc2ccc(C3CCC(C)CN3C(=O)C(=O)Nc3cnc(N)c4cnn(COCC[Si](C)(C)C)c34)cc2n1. The molecule has 1 aliphatic rings. The van der Waals surface area contributed by atoms with Gasteiger partial charge < -0.3 is 20.7 Å². The molecule has 2 unspecified atom stereocenters. The Kier molecular flexibility index (Phi) is 8.14. The van der Waals surface area contributed by atoms with Gasteiger partial charge in [-0.2, -0.15) is 10.2 Å². The summed E-state index contributed by atoms with van der Waals surface area (Å²) in [5, 5.41) is 13.5. The Morgan fingerprint density at radius 1 is 1.20 bits per heavy atom. The fraction of sp³-hybridized carbons (Fsp3) is 0.483. The van der Waals surface area contributed by atoms with E-state index in [1.165, 1.54) is 6.20 Å². The number of pyridine rings is 1. The molecule has 0 radical (unpaired) electrons. The van der Waals surface area contributed by atoms with Gasteiger partial charge in [-0.3, -0.25) is 14.3 Å². The van der Waals surface area contributed by atoms with Crippen LogP contribution in [0.3, 0.4) is 0 Å². The molecule has 41 heavy (non-hydrogen) atoms. The molecule has 3 aromatic heterocycles. The fourth-order valence-corrected chi connectivity index (χ4v) is 6.08. The second kappa shape index (κ2) is 11.6. The predicted molar refractivity (Wildman–Crippen MR) is 163 cm³/mol. The molecule has 3 N–H and O–H groups in total. The Morgan fingerprint density at radius 3 is 2.76 bits per heavy atom. The molecule has 4 aromatic rings. The zero-order valence-electron chi connectivity index (χ0n) is 24.6. The van der Waals surface area contributed by atoms with E-state index in [0.717, 1.165) is 41.9 Å². The number of nitrogens with two attached hydrogens (primary N) is 1. The van der Waals surface area contributed by atoms with Crippen LogP contribution >= 0.6 is 0 Å². The number of nitrogens with one attached hydrogen (secondary N) is 1. The topological polar surface area (TPSA) is 133 Å². The number of rotatable bonds is 8. The van der Waals surface area contributed by atoms with Crippen molar-refractivity contribution >= 4 is 53.2 Å². The van der Waals surface area contributed by atoms with E-state index >= 15 is 0 Å². The van der Waals surface area contributed by atoms with Crippen LogP contribution in [-0.4, -0.2) is 62.5 Å². The molecule has 0 spiro atoms. The summed E-state index contributed by atoms with van der Waals surface area (Å²) in [4.78, 5) is 33.1. The molecule has 1 aromatic carbocycles. The van der Waals surface area contributed by atoms with Gasteiger partial charge in [0.1, 0.15) is 12.5 Å². The number of amides is 2. The van der Waals surface area contributed by atoms with E-state index in [1.807, 2.05) is 36.0 Å². The monoisotopic (exact) mass is 576 g/mol. The molecule has 12 heteroatoms. The van der Waals surface area contributed by atoms with E-state index in [4.69, 9.17) is 10.5 Å². The van der Waals surface area contributed by atoms with Crippen LogP contribution in [0.5, 0.6) is 0 Å². The number of likely N-dealkylation sites (tertiary alicyclic amines) is 1. The maximum Gasteiger partial charge on any atom is 0.314 e. The lowest BCUT2D eigenvalue weighted by Gasteiger charge is -2.38. The molecule has 1 fully saturated rings. The summed E-state index contributed by atoms with van der Waals surface area (Å²) in [6.07, 6.45) is 6.83. The number of anilines is 2. The number of aromatic nitrogens is 5. The van der Waals surface area contributed by atoms with Crippen molar-refractivity contribution in [2.45, 2.75) is 71.7 Å². The van der Waals surface area contributed by atoms with Crippen LogP contribution in [0.2, 0.25) is 25.7 Å². The van der Waals surface area contributed by atoms with Gasteiger partial charge in [-0.15, -0.1) is 0 Å². The number of fused-ring (bicyclic) bond motifs is 2. The van der Waals surface area contributed by atoms with Crippen LogP contribution in [0.25, 0.3) is 21.8 Å². The lowest BCUT2D eigenvalue weighted by Crippen LogP contribution is -2.46. The number of hydrogen-bond acceptors (Lipinski definition) is 7. The maximum absolute atomic E-state index is 13.7. The summed E-state index contributed by atoms with van der Waals surface area (Å²) in [7, 11) is -1.24. The van der Waals surface area contributed by atoms with Crippen LogP contribution < -0.4 is 11.1 Å². The van der Waals surface area contributed by atoms with Gasteiger partial charge in [-0.05, 0) is 43.4 Å². The van der Waals surface area contributed by atoms with Crippen LogP contribution in [0, 0.1) is 5.92 Å². The summed E-state index contributed by atoms with van der Waals surface area (Å²) in [5.41, 5.74) is 8.92. The first kappa shape index (κ1) is 28.7. The maximum atomic E-state index is 13.7. The van der Waals surface area contributed by atoms with Gasteiger partial charge in [0, 0.05) is 39.4 Å². The highest BCUT2D eigenvalue weighted by Crippen LogP contribution is 2.35. The largest absolute Gasteiger partial charge is 0.383 e. The number of hydrogen-bond donors (Lipinski definition) is 2. The van der Waals surface area contributed by atoms with Gasteiger partial charge in [0.15, 0.2) is 0 Å². The number of aryl methyl sites for hydroxylation is 1. The van der Waals surface area contributed by atoms with E-state index in [9.17, 15) is 9.59 Å². The molecule has 11 nitrogen and oxygen atoms in total. The van der Waals surface area contributed by atoms with Crippen molar-refractivity contribution in [1.82, 2.24) is 29.4 Å². The molecule has 4 heterocycles. The molecule has 5 rings (SSSR count). The highest BCUT2D eigenvalue weighted by Gasteiger charge is 2.35. The normalized spacial score (nSPS) is 17.8. The molecular weight excluding hydrogens is 536 g/mol. The van der Waals surface area contributed by atoms with Crippen molar-refractivity contribution in [3.05, 3.63) is 42.4 Å². The summed E-state index contributed by atoms with van der Waals surface area (Å²) >= 11 is 0. The second-order valence-corrected chi connectivity index (χ2v) is 17.8. The van der Waals surface area contributed by atoms with Gasteiger partial charge in [-0.1, -0.05) is 38.7 Å². The van der Waals surface area contributed by atoms with E-state index in [-0.39, 0.29) is 18.7 Å². The number of nitrogen functional groups attached to an aromatic ring is 1. The second-order valence-electron chi connectivity index (χ2n) is 12.2. The van der Waals surface area contributed by atoms with Crippen molar-refractivity contribution < 1.29 is 14.3 Å². The summed E-state index contributed by atoms with van der Waals surface area (Å²) in [5.74, 6) is -0.724. The zero-order valence-corrected chi connectivity index (χ0v) is 25.6. The quantitative estimate of drug-likeness (QED) is 0.177. The Balaban J connectivity index is 1.37. The van der Waals surface area contributed by atoms with E-state index in [0.29, 0.717) is 35.6 Å².